The minimum atomic E-state index is 0.374. The SMILES string of the molecule is CNC(CC1CCCc2ccccc21)c1cncn1C. The van der Waals surface area contributed by atoms with Gasteiger partial charge in [0, 0.05) is 19.3 Å². The summed E-state index contributed by atoms with van der Waals surface area (Å²) in [6.07, 6.45) is 8.86. The lowest BCUT2D eigenvalue weighted by atomic mass is 9.79. The van der Waals surface area contributed by atoms with Crippen LogP contribution >= 0.6 is 0 Å². The van der Waals surface area contributed by atoms with Crippen LogP contribution in [-0.2, 0) is 13.5 Å². The second-order valence-electron chi connectivity index (χ2n) is 5.79. The molecule has 0 fully saturated rings. The van der Waals surface area contributed by atoms with Crippen LogP contribution in [0, 0.1) is 0 Å². The van der Waals surface area contributed by atoms with E-state index in [-0.39, 0.29) is 0 Å². The largest absolute Gasteiger partial charge is 0.336 e. The van der Waals surface area contributed by atoms with Crippen LogP contribution in [0.2, 0.25) is 0 Å². The zero-order chi connectivity index (χ0) is 13.9. The number of rotatable bonds is 4. The Morgan fingerprint density at radius 2 is 2.25 bits per heavy atom. The average Bonchev–Trinajstić information content (AvgIpc) is 2.91. The summed E-state index contributed by atoms with van der Waals surface area (Å²) in [5.74, 6) is 0.660. The van der Waals surface area contributed by atoms with Crippen molar-refractivity contribution in [3.05, 3.63) is 53.6 Å². The van der Waals surface area contributed by atoms with E-state index in [0.717, 1.165) is 6.42 Å². The number of nitrogens with one attached hydrogen (secondary N) is 1. The third-order valence-corrected chi connectivity index (χ3v) is 4.57. The summed E-state index contributed by atoms with van der Waals surface area (Å²) in [5, 5.41) is 3.46. The molecule has 1 heterocycles. The Morgan fingerprint density at radius 3 is 3.00 bits per heavy atom. The molecule has 3 heteroatoms. The topological polar surface area (TPSA) is 29.9 Å². The summed E-state index contributed by atoms with van der Waals surface area (Å²) in [4.78, 5) is 4.25. The first-order chi connectivity index (χ1) is 9.79. The Balaban J connectivity index is 1.82. The van der Waals surface area contributed by atoms with E-state index in [4.69, 9.17) is 0 Å². The second-order valence-corrected chi connectivity index (χ2v) is 5.79. The third kappa shape index (κ3) is 2.50. The lowest BCUT2D eigenvalue weighted by molar-refractivity contribution is 0.427. The van der Waals surface area contributed by atoms with E-state index < -0.39 is 0 Å². The van der Waals surface area contributed by atoms with Gasteiger partial charge < -0.3 is 9.88 Å². The molecule has 0 amide bonds. The number of nitrogens with zero attached hydrogens (tertiary/aromatic N) is 2. The number of aromatic nitrogens is 2. The van der Waals surface area contributed by atoms with E-state index in [1.165, 1.54) is 25.0 Å². The highest BCUT2D eigenvalue weighted by Gasteiger charge is 2.24. The van der Waals surface area contributed by atoms with Gasteiger partial charge in [-0.2, -0.15) is 0 Å². The van der Waals surface area contributed by atoms with Crippen molar-refractivity contribution in [2.24, 2.45) is 7.05 Å². The number of fused-ring (bicyclic) bond motifs is 1. The van der Waals surface area contributed by atoms with Gasteiger partial charge in [-0.25, -0.2) is 4.98 Å². The molecule has 2 atom stereocenters. The first-order valence-corrected chi connectivity index (χ1v) is 7.51. The molecule has 3 rings (SSSR count). The van der Waals surface area contributed by atoms with Crippen LogP contribution in [0.4, 0.5) is 0 Å². The quantitative estimate of drug-likeness (QED) is 0.924. The standard InChI is InChI=1S/C17H23N3/c1-18-16(17-11-19-12-20(17)2)10-14-8-5-7-13-6-3-4-9-15(13)14/h3-4,6,9,11-12,14,16,18H,5,7-8,10H2,1-2H3. The van der Waals surface area contributed by atoms with Crippen molar-refractivity contribution in [1.82, 2.24) is 14.9 Å². The zero-order valence-corrected chi connectivity index (χ0v) is 12.3. The van der Waals surface area contributed by atoms with Crippen LogP contribution in [0.5, 0.6) is 0 Å². The lowest BCUT2D eigenvalue weighted by Crippen LogP contribution is -2.23. The first-order valence-electron chi connectivity index (χ1n) is 7.51. The van der Waals surface area contributed by atoms with Crippen LogP contribution in [0.1, 0.15) is 48.0 Å². The van der Waals surface area contributed by atoms with Crippen LogP contribution in [-0.4, -0.2) is 16.6 Å². The Kier molecular flexibility index (Phi) is 3.88. The number of hydrogen-bond acceptors (Lipinski definition) is 2. The predicted octanol–water partition coefficient (Wildman–Crippen LogP) is 3.19. The van der Waals surface area contributed by atoms with Gasteiger partial charge in [-0.15, -0.1) is 0 Å². The van der Waals surface area contributed by atoms with Crippen molar-refractivity contribution < 1.29 is 0 Å². The van der Waals surface area contributed by atoms with Gasteiger partial charge in [0.15, 0.2) is 0 Å². The summed E-state index contributed by atoms with van der Waals surface area (Å²) < 4.78 is 2.12. The molecule has 0 saturated carbocycles. The van der Waals surface area contributed by atoms with Gasteiger partial charge in [-0.05, 0) is 49.8 Å². The predicted molar refractivity (Wildman–Crippen MR) is 81.7 cm³/mol. The Bertz CT molecular complexity index is 573. The van der Waals surface area contributed by atoms with E-state index in [2.05, 4.69) is 46.2 Å². The Labute approximate surface area is 121 Å². The summed E-state index contributed by atoms with van der Waals surface area (Å²) in [6, 6.07) is 9.32. The molecule has 2 aromatic rings. The van der Waals surface area contributed by atoms with E-state index in [1.54, 1.807) is 11.1 Å². The van der Waals surface area contributed by atoms with E-state index in [0.29, 0.717) is 12.0 Å². The molecule has 1 aliphatic carbocycles. The summed E-state index contributed by atoms with van der Waals surface area (Å²) in [7, 11) is 4.12. The zero-order valence-electron chi connectivity index (χ0n) is 12.3. The molecule has 0 spiro atoms. The van der Waals surface area contributed by atoms with Crippen molar-refractivity contribution >= 4 is 0 Å². The highest BCUT2D eigenvalue weighted by atomic mass is 15.1. The molecule has 0 bridgehead atoms. The normalized spacial score (nSPS) is 19.6. The van der Waals surface area contributed by atoms with Crippen LogP contribution in [0.3, 0.4) is 0 Å². The summed E-state index contributed by atoms with van der Waals surface area (Å²) >= 11 is 0. The van der Waals surface area contributed by atoms with Gasteiger partial charge in [0.2, 0.25) is 0 Å². The first kappa shape index (κ1) is 13.4. The molecule has 0 radical (unpaired) electrons. The molecule has 1 N–H and O–H groups in total. The second kappa shape index (κ2) is 5.80. The van der Waals surface area contributed by atoms with Crippen molar-refractivity contribution in [3.63, 3.8) is 0 Å². The van der Waals surface area contributed by atoms with Crippen molar-refractivity contribution in [3.8, 4) is 0 Å². The van der Waals surface area contributed by atoms with E-state index >= 15 is 0 Å². The molecule has 106 valence electrons. The van der Waals surface area contributed by atoms with Crippen LogP contribution in [0.15, 0.2) is 36.8 Å². The fourth-order valence-corrected chi connectivity index (χ4v) is 3.47. The van der Waals surface area contributed by atoms with Gasteiger partial charge in [0.05, 0.1) is 12.0 Å². The molecule has 3 nitrogen and oxygen atoms in total. The van der Waals surface area contributed by atoms with Crippen molar-refractivity contribution in [1.29, 1.82) is 0 Å². The van der Waals surface area contributed by atoms with Gasteiger partial charge in [-0.1, -0.05) is 24.3 Å². The van der Waals surface area contributed by atoms with E-state index in [1.807, 2.05) is 19.6 Å². The van der Waals surface area contributed by atoms with Crippen LogP contribution < -0.4 is 5.32 Å². The molecule has 0 aliphatic heterocycles. The molecule has 2 unspecified atom stereocenters. The lowest BCUT2D eigenvalue weighted by Gasteiger charge is -2.29. The Hall–Kier alpha value is -1.61. The minimum Gasteiger partial charge on any atom is -0.336 e. The van der Waals surface area contributed by atoms with Gasteiger partial charge in [0.25, 0.3) is 0 Å². The van der Waals surface area contributed by atoms with E-state index in [9.17, 15) is 0 Å². The monoisotopic (exact) mass is 269 g/mol. The number of imidazole rings is 1. The molecule has 1 aromatic carbocycles. The average molecular weight is 269 g/mol. The van der Waals surface area contributed by atoms with Gasteiger partial charge >= 0.3 is 0 Å². The maximum Gasteiger partial charge on any atom is 0.0946 e. The summed E-state index contributed by atoms with van der Waals surface area (Å²) in [5.41, 5.74) is 4.38. The molecule has 1 aromatic heterocycles. The molecule has 20 heavy (non-hydrogen) atoms. The molecule has 0 saturated heterocycles. The molecular weight excluding hydrogens is 246 g/mol. The smallest absolute Gasteiger partial charge is 0.0946 e. The highest BCUT2D eigenvalue weighted by molar-refractivity contribution is 5.33. The maximum absolute atomic E-state index is 4.25. The molecular formula is C17H23N3. The molecule has 1 aliphatic rings. The van der Waals surface area contributed by atoms with Gasteiger partial charge in [-0.3, -0.25) is 0 Å². The van der Waals surface area contributed by atoms with Crippen molar-refractivity contribution in [2.45, 2.75) is 37.6 Å². The fraction of sp³-hybridized carbons (Fsp3) is 0.471. The fourth-order valence-electron chi connectivity index (χ4n) is 3.47. The number of benzene rings is 1. The number of hydrogen-bond donors (Lipinski definition) is 1. The van der Waals surface area contributed by atoms with Crippen LogP contribution in [0.25, 0.3) is 0 Å². The Morgan fingerprint density at radius 1 is 1.40 bits per heavy atom. The summed E-state index contributed by atoms with van der Waals surface area (Å²) in [6.45, 7) is 0. The van der Waals surface area contributed by atoms with Gasteiger partial charge in [0.1, 0.15) is 0 Å². The highest BCUT2D eigenvalue weighted by Crippen LogP contribution is 2.37. The maximum atomic E-state index is 4.25. The third-order valence-electron chi connectivity index (χ3n) is 4.57. The van der Waals surface area contributed by atoms with Crippen molar-refractivity contribution in [2.75, 3.05) is 7.05 Å². The minimum absolute atomic E-state index is 0.374. The number of aryl methyl sites for hydroxylation is 2.